The molecule has 17 heavy (non-hydrogen) atoms. The molecule has 0 atom stereocenters. The third kappa shape index (κ3) is 3.22. The highest BCUT2D eigenvalue weighted by Gasteiger charge is 2.31. The number of nitrogens with zero attached hydrogens (tertiary/aromatic N) is 1. The van der Waals surface area contributed by atoms with Gasteiger partial charge in [-0.1, -0.05) is 28.1 Å². The van der Waals surface area contributed by atoms with Gasteiger partial charge in [0, 0.05) is 12.6 Å². The van der Waals surface area contributed by atoms with Gasteiger partial charge in [-0.25, -0.2) is 0 Å². The molecule has 2 rings (SSSR count). The molecule has 1 aliphatic carbocycles. The van der Waals surface area contributed by atoms with E-state index in [-0.39, 0.29) is 5.91 Å². The molecule has 0 radical (unpaired) electrons. The molecule has 0 aromatic heterocycles. The Morgan fingerprint density at radius 1 is 1.41 bits per heavy atom. The Hall–Kier alpha value is -1.03. The summed E-state index contributed by atoms with van der Waals surface area (Å²) in [5, 5.41) is 0.402. The first kappa shape index (κ1) is 12.4. The van der Waals surface area contributed by atoms with Crippen molar-refractivity contribution >= 4 is 21.8 Å². The van der Waals surface area contributed by atoms with Gasteiger partial charge in [-0.05, 0) is 30.5 Å². The molecule has 0 bridgehead atoms. The molecule has 0 N–H and O–H groups in total. The summed E-state index contributed by atoms with van der Waals surface area (Å²) in [6.45, 7) is 0.694. The van der Waals surface area contributed by atoms with Gasteiger partial charge in [0.25, 0.3) is 0 Å². The van der Waals surface area contributed by atoms with E-state index < -0.39 is 0 Å². The molecular weight excluding hydrogens is 282 g/mol. The zero-order valence-electron chi connectivity index (χ0n) is 9.86. The van der Waals surface area contributed by atoms with E-state index in [0.717, 1.165) is 24.2 Å². The van der Waals surface area contributed by atoms with Gasteiger partial charge in [-0.3, -0.25) is 4.79 Å². The lowest BCUT2D eigenvalue weighted by atomic mass is 10.2. The lowest BCUT2D eigenvalue weighted by Gasteiger charge is -2.21. The number of hydrogen-bond acceptors (Lipinski definition) is 2. The van der Waals surface area contributed by atoms with Gasteiger partial charge in [0.15, 0.2) is 0 Å². The van der Waals surface area contributed by atoms with Gasteiger partial charge in [0.1, 0.15) is 5.75 Å². The third-order valence-corrected chi connectivity index (χ3v) is 3.41. The van der Waals surface area contributed by atoms with Gasteiger partial charge >= 0.3 is 0 Å². The number of ether oxygens (including phenoxy) is 1. The van der Waals surface area contributed by atoms with Gasteiger partial charge in [-0.2, -0.15) is 0 Å². The number of halogens is 1. The number of alkyl halides is 1. The summed E-state index contributed by atoms with van der Waals surface area (Å²) in [7, 11) is 1.65. The van der Waals surface area contributed by atoms with Crippen molar-refractivity contribution in [3.63, 3.8) is 0 Å². The minimum atomic E-state index is 0.170. The molecule has 1 amide bonds. The fourth-order valence-electron chi connectivity index (χ4n) is 1.81. The van der Waals surface area contributed by atoms with Crippen molar-refractivity contribution < 1.29 is 9.53 Å². The molecule has 1 aliphatic rings. The minimum absolute atomic E-state index is 0.170. The maximum Gasteiger partial charge on any atom is 0.233 e. The molecule has 1 aromatic rings. The third-order valence-electron chi connectivity index (χ3n) is 2.93. The van der Waals surface area contributed by atoms with Crippen LogP contribution in [0.4, 0.5) is 0 Å². The number of carbonyl (C=O) groups is 1. The van der Waals surface area contributed by atoms with Crippen LogP contribution in [0.5, 0.6) is 5.75 Å². The van der Waals surface area contributed by atoms with Crippen molar-refractivity contribution in [3.05, 3.63) is 29.8 Å². The van der Waals surface area contributed by atoms with Crippen molar-refractivity contribution in [2.75, 3.05) is 12.4 Å². The first-order valence-electron chi connectivity index (χ1n) is 5.73. The molecule has 1 saturated carbocycles. The summed E-state index contributed by atoms with van der Waals surface area (Å²) in [6.07, 6.45) is 2.27. The number of carbonyl (C=O) groups excluding carboxylic acids is 1. The maximum atomic E-state index is 11.8. The summed E-state index contributed by atoms with van der Waals surface area (Å²) in [4.78, 5) is 13.7. The van der Waals surface area contributed by atoms with Crippen LogP contribution in [0, 0.1) is 0 Å². The molecule has 0 heterocycles. The van der Waals surface area contributed by atoms with Crippen molar-refractivity contribution in [3.8, 4) is 5.75 Å². The molecule has 92 valence electrons. The Bertz CT molecular complexity index is 387. The monoisotopic (exact) mass is 297 g/mol. The smallest absolute Gasteiger partial charge is 0.233 e. The largest absolute Gasteiger partial charge is 0.497 e. The molecule has 1 aromatic carbocycles. The average Bonchev–Trinajstić information content (AvgIpc) is 3.20. The van der Waals surface area contributed by atoms with Gasteiger partial charge in [-0.15, -0.1) is 0 Å². The average molecular weight is 298 g/mol. The van der Waals surface area contributed by atoms with E-state index in [1.165, 1.54) is 0 Å². The first-order valence-corrected chi connectivity index (χ1v) is 6.85. The van der Waals surface area contributed by atoms with Crippen LogP contribution in [0.2, 0.25) is 0 Å². The van der Waals surface area contributed by atoms with Crippen LogP contribution < -0.4 is 4.74 Å². The Kier molecular flexibility index (Phi) is 4.05. The summed E-state index contributed by atoms with van der Waals surface area (Å²) in [6, 6.07) is 8.32. The highest BCUT2D eigenvalue weighted by Crippen LogP contribution is 2.29. The highest BCUT2D eigenvalue weighted by molar-refractivity contribution is 9.09. The highest BCUT2D eigenvalue weighted by atomic mass is 79.9. The summed E-state index contributed by atoms with van der Waals surface area (Å²) in [5.74, 6) is 1.02. The fraction of sp³-hybridized carbons (Fsp3) is 0.462. The number of benzene rings is 1. The molecule has 4 heteroatoms. The SMILES string of the molecule is COc1ccc(CN(C(=O)CBr)C2CC2)cc1. The Balaban J connectivity index is 2.03. The quantitative estimate of drug-likeness (QED) is 0.782. The molecule has 0 unspecified atom stereocenters. The van der Waals surface area contributed by atoms with E-state index in [1.54, 1.807) is 7.11 Å². The number of methoxy groups -OCH3 is 1. The van der Waals surface area contributed by atoms with Crippen molar-refractivity contribution in [1.29, 1.82) is 0 Å². The van der Waals surface area contributed by atoms with Crippen LogP contribution in [0.15, 0.2) is 24.3 Å². The molecule has 1 fully saturated rings. The Labute approximate surface area is 110 Å². The topological polar surface area (TPSA) is 29.5 Å². The Morgan fingerprint density at radius 2 is 2.06 bits per heavy atom. The predicted octanol–water partition coefficient (Wildman–Crippen LogP) is 2.58. The zero-order chi connectivity index (χ0) is 12.3. The Morgan fingerprint density at radius 3 is 2.53 bits per heavy atom. The predicted molar refractivity (Wildman–Crippen MR) is 70.4 cm³/mol. The first-order chi connectivity index (χ1) is 8.24. The van der Waals surface area contributed by atoms with Crippen LogP contribution in [0.3, 0.4) is 0 Å². The second kappa shape index (κ2) is 5.54. The summed E-state index contributed by atoms with van der Waals surface area (Å²) < 4.78 is 5.11. The van der Waals surface area contributed by atoms with E-state index in [1.807, 2.05) is 29.2 Å². The number of rotatable bonds is 5. The van der Waals surface area contributed by atoms with Crippen molar-refractivity contribution in [1.82, 2.24) is 4.90 Å². The lowest BCUT2D eigenvalue weighted by molar-refractivity contribution is -0.129. The maximum absolute atomic E-state index is 11.8. The summed E-state index contributed by atoms with van der Waals surface area (Å²) in [5.41, 5.74) is 1.15. The van der Waals surface area contributed by atoms with Crippen molar-refractivity contribution in [2.45, 2.75) is 25.4 Å². The van der Waals surface area contributed by atoms with Crippen LogP contribution in [-0.4, -0.2) is 29.3 Å². The van der Waals surface area contributed by atoms with Gasteiger partial charge in [0.2, 0.25) is 5.91 Å². The van der Waals surface area contributed by atoms with E-state index in [9.17, 15) is 4.79 Å². The minimum Gasteiger partial charge on any atom is -0.497 e. The lowest BCUT2D eigenvalue weighted by Crippen LogP contribution is -2.33. The second-order valence-corrected chi connectivity index (χ2v) is 4.80. The van der Waals surface area contributed by atoms with Crippen LogP contribution >= 0.6 is 15.9 Å². The molecule has 0 spiro atoms. The molecular formula is C13H16BrNO2. The van der Waals surface area contributed by atoms with E-state index >= 15 is 0 Å². The van der Waals surface area contributed by atoms with Crippen LogP contribution in [0.1, 0.15) is 18.4 Å². The summed E-state index contributed by atoms with van der Waals surface area (Å²) >= 11 is 3.24. The second-order valence-electron chi connectivity index (χ2n) is 4.23. The molecule has 0 saturated heterocycles. The normalized spacial score (nSPS) is 14.5. The standard InChI is InChI=1S/C13H16BrNO2/c1-17-12-6-2-10(3-7-12)9-15(11-4-5-11)13(16)8-14/h2-3,6-7,11H,4-5,8-9H2,1H3. The van der Waals surface area contributed by atoms with Crippen LogP contribution in [-0.2, 0) is 11.3 Å². The zero-order valence-corrected chi connectivity index (χ0v) is 11.4. The van der Waals surface area contributed by atoms with E-state index in [2.05, 4.69) is 15.9 Å². The van der Waals surface area contributed by atoms with Crippen LogP contribution in [0.25, 0.3) is 0 Å². The van der Waals surface area contributed by atoms with Crippen molar-refractivity contribution in [2.24, 2.45) is 0 Å². The van der Waals surface area contributed by atoms with E-state index in [0.29, 0.717) is 17.9 Å². The van der Waals surface area contributed by atoms with E-state index in [4.69, 9.17) is 4.74 Å². The number of amides is 1. The number of hydrogen-bond donors (Lipinski definition) is 0. The van der Waals surface area contributed by atoms with Gasteiger partial charge in [0.05, 0.1) is 12.4 Å². The van der Waals surface area contributed by atoms with Gasteiger partial charge < -0.3 is 9.64 Å². The molecule has 3 nitrogen and oxygen atoms in total. The fourth-order valence-corrected chi connectivity index (χ4v) is 2.13. The molecule has 0 aliphatic heterocycles.